The molecule has 0 fully saturated rings. The Hall–Kier alpha value is 0.0300. The van der Waals surface area contributed by atoms with Crippen LogP contribution in [0, 0.1) is 23.2 Å². The van der Waals surface area contributed by atoms with Gasteiger partial charge >= 0.3 is 0 Å². The zero-order valence-electron chi connectivity index (χ0n) is 9.39. The Labute approximate surface area is 87.4 Å². The molecular formula is C12H21Cl. The van der Waals surface area contributed by atoms with Gasteiger partial charge in [-0.15, -0.1) is 0 Å². The Kier molecular flexibility index (Phi) is 3.12. The topological polar surface area (TPSA) is 0 Å². The largest absolute Gasteiger partial charge is 0.0889 e. The van der Waals surface area contributed by atoms with E-state index in [9.17, 15) is 0 Å². The van der Waals surface area contributed by atoms with E-state index in [1.807, 2.05) is 0 Å². The van der Waals surface area contributed by atoms with Crippen LogP contribution < -0.4 is 0 Å². The summed E-state index contributed by atoms with van der Waals surface area (Å²) in [7, 11) is 0. The van der Waals surface area contributed by atoms with E-state index in [1.165, 1.54) is 6.42 Å². The minimum atomic E-state index is 0.251. The van der Waals surface area contributed by atoms with Crippen LogP contribution in [0.3, 0.4) is 0 Å². The van der Waals surface area contributed by atoms with Crippen LogP contribution >= 0.6 is 11.6 Å². The van der Waals surface area contributed by atoms with Crippen molar-refractivity contribution in [3.8, 4) is 0 Å². The molecule has 76 valence electrons. The molecule has 1 aliphatic rings. The van der Waals surface area contributed by atoms with Gasteiger partial charge in [0.1, 0.15) is 0 Å². The highest BCUT2D eigenvalue weighted by Crippen LogP contribution is 2.53. The summed E-state index contributed by atoms with van der Waals surface area (Å²) in [5.74, 6) is 1.93. The van der Waals surface area contributed by atoms with Gasteiger partial charge < -0.3 is 0 Å². The average molecular weight is 201 g/mol. The van der Waals surface area contributed by atoms with Crippen molar-refractivity contribution in [2.75, 3.05) is 0 Å². The van der Waals surface area contributed by atoms with Gasteiger partial charge in [-0.25, -0.2) is 0 Å². The molecule has 0 N–H and O–H groups in total. The molecule has 0 radical (unpaired) electrons. The highest BCUT2D eigenvalue weighted by molar-refractivity contribution is 6.30. The Morgan fingerprint density at radius 3 is 1.92 bits per heavy atom. The third-order valence-corrected chi connectivity index (χ3v) is 4.07. The molecule has 0 aromatic rings. The zero-order chi connectivity index (χ0) is 10.2. The van der Waals surface area contributed by atoms with Crippen molar-refractivity contribution in [3.63, 3.8) is 0 Å². The normalized spacial score (nSPS) is 27.1. The van der Waals surface area contributed by atoms with E-state index in [1.54, 1.807) is 0 Å². The number of allylic oxidation sites excluding steroid dienone is 2. The molecule has 0 aromatic heterocycles. The maximum Gasteiger partial charge on any atom is 0.0211 e. The van der Waals surface area contributed by atoms with Gasteiger partial charge in [-0.3, -0.25) is 0 Å². The van der Waals surface area contributed by atoms with Crippen LogP contribution in [-0.2, 0) is 0 Å². The van der Waals surface area contributed by atoms with E-state index in [4.69, 9.17) is 11.6 Å². The fourth-order valence-corrected chi connectivity index (χ4v) is 3.51. The van der Waals surface area contributed by atoms with Gasteiger partial charge in [-0.1, -0.05) is 52.3 Å². The first-order valence-electron chi connectivity index (χ1n) is 5.29. The fourth-order valence-electron chi connectivity index (χ4n) is 2.78. The summed E-state index contributed by atoms with van der Waals surface area (Å²) in [4.78, 5) is 0. The van der Waals surface area contributed by atoms with E-state index < -0.39 is 0 Å². The molecule has 0 bridgehead atoms. The maximum atomic E-state index is 6.38. The van der Waals surface area contributed by atoms with E-state index in [0.717, 1.165) is 5.03 Å². The molecule has 1 unspecified atom stereocenters. The number of hydrogen-bond acceptors (Lipinski definition) is 0. The first kappa shape index (κ1) is 11.1. The first-order valence-corrected chi connectivity index (χ1v) is 5.66. The molecule has 0 nitrogen and oxygen atoms in total. The fraction of sp³-hybridized carbons (Fsp3) is 0.833. The van der Waals surface area contributed by atoms with E-state index in [2.05, 4.69) is 40.7 Å². The van der Waals surface area contributed by atoms with Crippen LogP contribution in [0.25, 0.3) is 0 Å². The summed E-state index contributed by atoms with van der Waals surface area (Å²) in [6.45, 7) is 11.4. The highest BCUT2D eigenvalue weighted by atomic mass is 35.5. The Morgan fingerprint density at radius 2 is 1.77 bits per heavy atom. The lowest BCUT2D eigenvalue weighted by molar-refractivity contribution is 0.158. The van der Waals surface area contributed by atoms with Crippen molar-refractivity contribution >= 4 is 11.6 Å². The molecular weight excluding hydrogens is 180 g/mol. The lowest BCUT2D eigenvalue weighted by Crippen LogP contribution is -2.31. The van der Waals surface area contributed by atoms with E-state index in [0.29, 0.717) is 17.8 Å². The predicted octanol–water partition coefficient (Wildman–Crippen LogP) is 4.45. The van der Waals surface area contributed by atoms with Gasteiger partial charge in [0.25, 0.3) is 0 Å². The summed E-state index contributed by atoms with van der Waals surface area (Å²) < 4.78 is 0. The Bertz CT molecular complexity index is 205. The number of hydrogen-bond donors (Lipinski definition) is 0. The van der Waals surface area contributed by atoms with Crippen molar-refractivity contribution in [2.24, 2.45) is 23.2 Å². The van der Waals surface area contributed by atoms with E-state index >= 15 is 0 Å². The number of halogens is 1. The van der Waals surface area contributed by atoms with Crippen LogP contribution in [0.15, 0.2) is 11.1 Å². The Balaban J connectivity index is 3.01. The second-order valence-corrected chi connectivity index (χ2v) is 5.45. The van der Waals surface area contributed by atoms with Crippen LogP contribution in [0.5, 0.6) is 0 Å². The Morgan fingerprint density at radius 1 is 1.31 bits per heavy atom. The van der Waals surface area contributed by atoms with Crippen LogP contribution in [0.4, 0.5) is 0 Å². The lowest BCUT2D eigenvalue weighted by Gasteiger charge is -2.39. The summed E-state index contributed by atoms with van der Waals surface area (Å²) in [6.07, 6.45) is 3.46. The van der Waals surface area contributed by atoms with Crippen molar-refractivity contribution in [1.82, 2.24) is 0 Å². The molecule has 13 heavy (non-hydrogen) atoms. The molecule has 0 amide bonds. The van der Waals surface area contributed by atoms with Gasteiger partial charge in [0.2, 0.25) is 0 Å². The van der Waals surface area contributed by atoms with Gasteiger partial charge in [0.05, 0.1) is 0 Å². The molecule has 0 saturated heterocycles. The molecule has 1 heteroatoms. The predicted molar refractivity (Wildman–Crippen MR) is 59.8 cm³/mol. The summed E-state index contributed by atoms with van der Waals surface area (Å²) >= 11 is 6.38. The van der Waals surface area contributed by atoms with Crippen molar-refractivity contribution in [1.29, 1.82) is 0 Å². The molecule has 0 saturated carbocycles. The van der Waals surface area contributed by atoms with Gasteiger partial charge in [-0.05, 0) is 24.2 Å². The van der Waals surface area contributed by atoms with Gasteiger partial charge in [0, 0.05) is 10.4 Å². The van der Waals surface area contributed by atoms with Crippen molar-refractivity contribution in [2.45, 2.75) is 41.0 Å². The van der Waals surface area contributed by atoms with Crippen LogP contribution in [0.2, 0.25) is 0 Å². The molecule has 1 rings (SSSR count). The summed E-state index contributed by atoms with van der Waals surface area (Å²) in [5.41, 5.74) is 0.251. The second kappa shape index (κ2) is 3.65. The number of rotatable bonds is 2. The van der Waals surface area contributed by atoms with Crippen LogP contribution in [0.1, 0.15) is 41.0 Å². The summed E-state index contributed by atoms with van der Waals surface area (Å²) in [5, 5.41) is 1.10. The zero-order valence-corrected chi connectivity index (χ0v) is 10.2. The monoisotopic (exact) mass is 200 g/mol. The SMILES string of the molecule is CC1C=C(Cl)C(C(C)C)(C(C)C)C1. The summed E-state index contributed by atoms with van der Waals surface area (Å²) in [6, 6.07) is 0. The van der Waals surface area contributed by atoms with Crippen LogP contribution in [-0.4, -0.2) is 0 Å². The molecule has 0 heterocycles. The average Bonchev–Trinajstić information content (AvgIpc) is 2.26. The lowest BCUT2D eigenvalue weighted by atomic mass is 9.68. The third-order valence-electron chi connectivity index (χ3n) is 3.60. The van der Waals surface area contributed by atoms with Crippen molar-refractivity contribution in [3.05, 3.63) is 11.1 Å². The molecule has 0 aliphatic heterocycles. The molecule has 0 spiro atoms. The van der Waals surface area contributed by atoms with Crippen molar-refractivity contribution < 1.29 is 0 Å². The molecule has 1 aliphatic carbocycles. The van der Waals surface area contributed by atoms with Gasteiger partial charge in [0.15, 0.2) is 0 Å². The molecule has 1 atom stereocenters. The third kappa shape index (κ3) is 1.66. The second-order valence-electron chi connectivity index (χ2n) is 5.05. The maximum absolute atomic E-state index is 6.38. The minimum Gasteiger partial charge on any atom is -0.0889 e. The molecule has 0 aromatic carbocycles. The quantitative estimate of drug-likeness (QED) is 0.618. The minimum absolute atomic E-state index is 0.251. The smallest absolute Gasteiger partial charge is 0.0211 e. The van der Waals surface area contributed by atoms with Gasteiger partial charge in [-0.2, -0.15) is 0 Å². The highest BCUT2D eigenvalue weighted by Gasteiger charge is 2.44. The first-order chi connectivity index (χ1) is 5.91. The standard InChI is InChI=1S/C12H21Cl/c1-8(2)12(9(3)4)7-10(5)6-11(12)13/h6,8-10H,7H2,1-5H3. The van der Waals surface area contributed by atoms with E-state index in [-0.39, 0.29) is 5.41 Å².